The average Bonchev–Trinajstić information content (AvgIpc) is 2.41. The van der Waals surface area contributed by atoms with E-state index >= 15 is 0 Å². The van der Waals surface area contributed by atoms with Crippen molar-refractivity contribution in [2.45, 2.75) is 26.7 Å². The Morgan fingerprint density at radius 3 is 2.26 bits per heavy atom. The molecule has 0 aliphatic carbocycles. The summed E-state index contributed by atoms with van der Waals surface area (Å²) in [7, 11) is 3.63. The van der Waals surface area contributed by atoms with Gasteiger partial charge in [0.05, 0.1) is 13.2 Å². The van der Waals surface area contributed by atoms with E-state index in [1.807, 2.05) is 27.9 Å². The predicted octanol–water partition coefficient (Wildman–Crippen LogP) is 1.93. The number of hydrogen-bond acceptors (Lipinski definition) is 6. The van der Waals surface area contributed by atoms with Crippen molar-refractivity contribution in [1.29, 1.82) is 0 Å². The number of hydrogen-bond donors (Lipinski definition) is 0. The smallest absolute Gasteiger partial charge is 0.320 e. The van der Waals surface area contributed by atoms with Gasteiger partial charge in [-0.2, -0.15) is 9.97 Å². The van der Waals surface area contributed by atoms with Gasteiger partial charge in [0, 0.05) is 14.1 Å². The second-order valence-electron chi connectivity index (χ2n) is 4.25. The molecule has 0 atom stereocenters. The molecule has 1 rings (SSSR count). The Hall–Kier alpha value is -1.85. The molecule has 0 saturated carbocycles. The third kappa shape index (κ3) is 4.08. The van der Waals surface area contributed by atoms with Crippen LogP contribution in [0.3, 0.4) is 0 Å². The van der Waals surface area contributed by atoms with Crippen LogP contribution >= 0.6 is 0 Å². The molecule has 0 radical (unpaired) electrons. The van der Waals surface area contributed by atoms with Crippen LogP contribution in [0, 0.1) is 0 Å². The van der Waals surface area contributed by atoms with Crippen molar-refractivity contribution in [2.24, 2.45) is 0 Å². The maximum atomic E-state index is 11.2. The van der Waals surface area contributed by atoms with E-state index in [1.165, 1.54) is 0 Å². The van der Waals surface area contributed by atoms with Gasteiger partial charge in [-0.05, 0) is 12.8 Å². The van der Waals surface area contributed by atoms with Crippen LogP contribution in [0.1, 0.15) is 37.2 Å². The molecule has 0 spiro atoms. The number of aldehydes is 1. The quantitative estimate of drug-likeness (QED) is 0.671. The largest absolute Gasteiger partial charge is 0.476 e. The number of ether oxygens (including phenoxy) is 2. The Bertz CT molecular complexity index is 422. The van der Waals surface area contributed by atoms with Crippen LogP contribution in [0.15, 0.2) is 0 Å². The monoisotopic (exact) mass is 267 g/mol. The summed E-state index contributed by atoms with van der Waals surface area (Å²) in [4.78, 5) is 21.2. The molecule has 0 aromatic carbocycles. The normalized spacial score (nSPS) is 10.1. The van der Waals surface area contributed by atoms with E-state index in [-0.39, 0.29) is 11.7 Å². The lowest BCUT2D eigenvalue weighted by Crippen LogP contribution is -2.16. The van der Waals surface area contributed by atoms with Crippen LogP contribution in [-0.2, 0) is 0 Å². The Morgan fingerprint density at radius 2 is 1.74 bits per heavy atom. The lowest BCUT2D eigenvalue weighted by atomic mass is 10.3. The summed E-state index contributed by atoms with van der Waals surface area (Å²) in [6.07, 6.45) is 2.40. The SMILES string of the molecule is CCCOc1nc(C=O)c(N(C)C)c(OCCC)n1. The molecule has 0 aliphatic rings. The Kier molecular flexibility index (Phi) is 6.05. The number of aromatic nitrogens is 2. The summed E-state index contributed by atoms with van der Waals surface area (Å²) in [6, 6.07) is 0.181. The first-order valence-electron chi connectivity index (χ1n) is 6.44. The van der Waals surface area contributed by atoms with Gasteiger partial charge in [0.25, 0.3) is 0 Å². The lowest BCUT2D eigenvalue weighted by Gasteiger charge is -2.18. The van der Waals surface area contributed by atoms with Crippen LogP contribution in [-0.4, -0.2) is 43.6 Å². The van der Waals surface area contributed by atoms with Crippen molar-refractivity contribution in [3.05, 3.63) is 5.69 Å². The summed E-state index contributed by atoms with van der Waals surface area (Å²) in [5.74, 6) is 0.384. The molecule has 0 unspecified atom stereocenters. The fraction of sp³-hybridized carbons (Fsp3) is 0.615. The van der Waals surface area contributed by atoms with Gasteiger partial charge >= 0.3 is 6.01 Å². The highest BCUT2D eigenvalue weighted by atomic mass is 16.5. The highest BCUT2D eigenvalue weighted by molar-refractivity contribution is 5.84. The number of nitrogens with zero attached hydrogens (tertiary/aromatic N) is 3. The Labute approximate surface area is 113 Å². The fourth-order valence-corrected chi connectivity index (χ4v) is 1.49. The van der Waals surface area contributed by atoms with Gasteiger partial charge in [0.1, 0.15) is 11.4 Å². The van der Waals surface area contributed by atoms with Crippen molar-refractivity contribution in [2.75, 3.05) is 32.2 Å². The van der Waals surface area contributed by atoms with Crippen LogP contribution in [0.5, 0.6) is 11.9 Å². The molecule has 106 valence electrons. The van der Waals surface area contributed by atoms with Crippen LogP contribution in [0.4, 0.5) is 5.69 Å². The third-order valence-corrected chi connectivity index (χ3v) is 2.30. The number of carbonyl (C=O) groups excluding carboxylic acids is 1. The maximum Gasteiger partial charge on any atom is 0.320 e. The predicted molar refractivity (Wildman–Crippen MR) is 73.3 cm³/mol. The zero-order valence-corrected chi connectivity index (χ0v) is 12.0. The summed E-state index contributed by atoms with van der Waals surface area (Å²) in [5.41, 5.74) is 0.851. The topological polar surface area (TPSA) is 64.5 Å². The standard InChI is InChI=1S/C13H21N3O3/c1-5-7-18-12-11(16(3)4)10(9-17)14-13(15-12)19-8-6-2/h9H,5-8H2,1-4H3. The molecular formula is C13H21N3O3. The number of anilines is 1. The minimum absolute atomic E-state index is 0.181. The van der Waals surface area contributed by atoms with Crippen molar-refractivity contribution >= 4 is 12.0 Å². The first-order valence-corrected chi connectivity index (χ1v) is 6.44. The van der Waals surface area contributed by atoms with Gasteiger partial charge in [-0.1, -0.05) is 13.8 Å². The van der Waals surface area contributed by atoms with E-state index in [0.717, 1.165) is 12.8 Å². The molecule has 0 saturated heterocycles. The second-order valence-corrected chi connectivity index (χ2v) is 4.25. The van der Waals surface area contributed by atoms with Gasteiger partial charge in [0.15, 0.2) is 6.29 Å². The van der Waals surface area contributed by atoms with Crippen LogP contribution in [0.2, 0.25) is 0 Å². The molecule has 0 bridgehead atoms. The summed E-state index contributed by atoms with van der Waals surface area (Å²) < 4.78 is 11.0. The van der Waals surface area contributed by atoms with Crippen molar-refractivity contribution in [3.8, 4) is 11.9 Å². The second kappa shape index (κ2) is 7.56. The molecule has 1 heterocycles. The zero-order chi connectivity index (χ0) is 14.3. The van der Waals surface area contributed by atoms with Gasteiger partial charge in [0.2, 0.25) is 5.88 Å². The third-order valence-electron chi connectivity index (χ3n) is 2.30. The van der Waals surface area contributed by atoms with E-state index in [9.17, 15) is 4.79 Å². The molecule has 6 nitrogen and oxygen atoms in total. The number of rotatable bonds is 8. The van der Waals surface area contributed by atoms with E-state index in [1.54, 1.807) is 4.90 Å². The van der Waals surface area contributed by atoms with E-state index in [4.69, 9.17) is 9.47 Å². The van der Waals surface area contributed by atoms with Gasteiger partial charge in [-0.3, -0.25) is 4.79 Å². The molecule has 1 aromatic heterocycles. The van der Waals surface area contributed by atoms with Crippen molar-refractivity contribution in [1.82, 2.24) is 9.97 Å². The van der Waals surface area contributed by atoms with E-state index < -0.39 is 0 Å². The highest BCUT2D eigenvalue weighted by Crippen LogP contribution is 2.29. The molecule has 0 aliphatic heterocycles. The molecule has 0 fully saturated rings. The Morgan fingerprint density at radius 1 is 1.11 bits per heavy atom. The van der Waals surface area contributed by atoms with E-state index in [0.29, 0.717) is 31.1 Å². The summed E-state index contributed by atoms with van der Waals surface area (Å²) in [5, 5.41) is 0. The van der Waals surface area contributed by atoms with Gasteiger partial charge < -0.3 is 14.4 Å². The molecule has 0 N–H and O–H groups in total. The highest BCUT2D eigenvalue weighted by Gasteiger charge is 2.17. The minimum Gasteiger partial charge on any atom is -0.476 e. The lowest BCUT2D eigenvalue weighted by molar-refractivity contribution is 0.111. The molecular weight excluding hydrogens is 246 g/mol. The first-order chi connectivity index (χ1) is 9.13. The number of carbonyl (C=O) groups is 1. The Balaban J connectivity index is 3.15. The summed E-state index contributed by atoms with van der Waals surface area (Å²) >= 11 is 0. The minimum atomic E-state index is 0.181. The average molecular weight is 267 g/mol. The van der Waals surface area contributed by atoms with Crippen LogP contribution in [0.25, 0.3) is 0 Å². The maximum absolute atomic E-state index is 11.2. The van der Waals surface area contributed by atoms with Crippen LogP contribution < -0.4 is 14.4 Å². The van der Waals surface area contributed by atoms with Gasteiger partial charge in [-0.25, -0.2) is 0 Å². The van der Waals surface area contributed by atoms with E-state index in [2.05, 4.69) is 9.97 Å². The fourth-order valence-electron chi connectivity index (χ4n) is 1.49. The van der Waals surface area contributed by atoms with Crippen molar-refractivity contribution in [3.63, 3.8) is 0 Å². The molecule has 19 heavy (non-hydrogen) atoms. The molecule has 1 aromatic rings. The van der Waals surface area contributed by atoms with Crippen molar-refractivity contribution < 1.29 is 14.3 Å². The zero-order valence-electron chi connectivity index (χ0n) is 12.0. The molecule has 0 amide bonds. The first kappa shape index (κ1) is 15.2. The molecule has 6 heteroatoms. The van der Waals surface area contributed by atoms with Gasteiger partial charge in [-0.15, -0.1) is 0 Å². The summed E-state index contributed by atoms with van der Waals surface area (Å²) in [6.45, 7) is 5.03.